The number of carbonyl (C=O) groups excluding carboxylic acids is 1. The van der Waals surface area contributed by atoms with Crippen LogP contribution in [0.2, 0.25) is 0 Å². The minimum Gasteiger partial charge on any atom is -0.463 e. The Bertz CT molecular complexity index is 715. The van der Waals surface area contributed by atoms with E-state index in [9.17, 15) is 13.2 Å². The second-order valence-corrected chi connectivity index (χ2v) is 9.05. The second-order valence-electron chi connectivity index (χ2n) is 6.96. The monoisotopic (exact) mass is 355 g/mol. The molecule has 4 heterocycles. The quantitative estimate of drug-likeness (QED) is 0.778. The Morgan fingerprint density at radius 1 is 1.25 bits per heavy atom. The highest BCUT2D eigenvalue weighted by molar-refractivity contribution is 7.88. The number of amides is 1. The van der Waals surface area contributed by atoms with Gasteiger partial charge in [-0.1, -0.05) is 0 Å². The Hall–Kier alpha value is -1.38. The molecule has 4 rings (SSSR count). The summed E-state index contributed by atoms with van der Waals surface area (Å²) in [5, 5.41) is 0. The topological polar surface area (TPSA) is 74.1 Å². The molecule has 3 aliphatic heterocycles. The summed E-state index contributed by atoms with van der Waals surface area (Å²) in [5.74, 6) is 1.77. The molecule has 24 heavy (non-hydrogen) atoms. The molecule has 2 atom stereocenters. The van der Waals surface area contributed by atoms with Gasteiger partial charge in [-0.2, -0.15) is 4.31 Å². The van der Waals surface area contributed by atoms with E-state index in [0.29, 0.717) is 12.3 Å². The van der Waals surface area contributed by atoms with E-state index < -0.39 is 10.0 Å². The maximum Gasteiger partial charge on any atom is 0.227 e. The average Bonchev–Trinajstić information content (AvgIpc) is 2.76. The molecule has 134 valence electrons. The smallest absolute Gasteiger partial charge is 0.227 e. The van der Waals surface area contributed by atoms with Crippen molar-refractivity contribution in [2.45, 2.75) is 32.0 Å². The first-order chi connectivity index (χ1) is 11.2. The third kappa shape index (κ3) is 3.65. The molecule has 0 aliphatic carbocycles. The van der Waals surface area contributed by atoms with Gasteiger partial charge in [0.15, 0.2) is 0 Å². The van der Waals surface area contributed by atoms with E-state index in [4.69, 9.17) is 4.42 Å². The molecule has 3 fully saturated rings. The molecule has 0 spiro atoms. The molecule has 1 aromatic heterocycles. The van der Waals surface area contributed by atoms with Crippen molar-refractivity contribution in [2.24, 2.45) is 5.92 Å². The summed E-state index contributed by atoms with van der Waals surface area (Å²) < 4.78 is 30.0. The Balaban J connectivity index is 1.64. The van der Waals surface area contributed by atoms with Crippen molar-refractivity contribution in [3.05, 3.63) is 23.7 Å². The summed E-state index contributed by atoms with van der Waals surface area (Å²) in [6.07, 6.45) is 3.20. The lowest BCUT2D eigenvalue weighted by atomic mass is 9.95. The first kappa shape index (κ1) is 17.4. The molecular weight excluding hydrogens is 330 g/mol. The SMILES string of the molecule is CN1C(=O)C2CCC1CN(Cc1ccc(CN(C)S(C)(=O)=O)o1)C2. The van der Waals surface area contributed by atoms with Crippen molar-refractivity contribution in [3.8, 4) is 0 Å². The highest BCUT2D eigenvalue weighted by atomic mass is 32.2. The van der Waals surface area contributed by atoms with Crippen molar-refractivity contribution >= 4 is 15.9 Å². The molecule has 2 bridgehead atoms. The van der Waals surface area contributed by atoms with Crippen molar-refractivity contribution in [3.63, 3.8) is 0 Å². The van der Waals surface area contributed by atoms with Gasteiger partial charge in [-0.3, -0.25) is 9.69 Å². The van der Waals surface area contributed by atoms with Crippen LogP contribution in [0.3, 0.4) is 0 Å². The zero-order valence-electron chi connectivity index (χ0n) is 14.4. The molecule has 0 radical (unpaired) electrons. The van der Waals surface area contributed by atoms with Crippen LogP contribution in [0, 0.1) is 5.92 Å². The number of furan rings is 1. The third-order valence-electron chi connectivity index (χ3n) is 5.08. The van der Waals surface area contributed by atoms with Gasteiger partial charge >= 0.3 is 0 Å². The van der Waals surface area contributed by atoms with Gasteiger partial charge in [0, 0.05) is 33.2 Å². The Morgan fingerprint density at radius 2 is 1.96 bits per heavy atom. The summed E-state index contributed by atoms with van der Waals surface area (Å²) in [4.78, 5) is 16.4. The van der Waals surface area contributed by atoms with Crippen LogP contribution < -0.4 is 0 Å². The second kappa shape index (κ2) is 6.50. The predicted octanol–water partition coefficient (Wildman–Crippen LogP) is 0.724. The van der Waals surface area contributed by atoms with Crippen molar-refractivity contribution in [1.29, 1.82) is 0 Å². The number of likely N-dealkylation sites (N-methyl/N-ethyl adjacent to an activating group) is 1. The first-order valence-electron chi connectivity index (χ1n) is 8.22. The fraction of sp³-hybridized carbons (Fsp3) is 0.688. The number of hydrogen-bond acceptors (Lipinski definition) is 5. The summed E-state index contributed by atoms with van der Waals surface area (Å²) in [6.45, 7) is 2.50. The van der Waals surface area contributed by atoms with E-state index >= 15 is 0 Å². The van der Waals surface area contributed by atoms with Gasteiger partial charge in [0.1, 0.15) is 11.5 Å². The van der Waals surface area contributed by atoms with Gasteiger partial charge in [0.25, 0.3) is 0 Å². The van der Waals surface area contributed by atoms with E-state index in [1.807, 2.05) is 24.1 Å². The fourth-order valence-corrected chi connectivity index (χ4v) is 3.89. The summed E-state index contributed by atoms with van der Waals surface area (Å²) in [7, 11) is 0.208. The lowest BCUT2D eigenvalue weighted by Gasteiger charge is -2.32. The van der Waals surface area contributed by atoms with Crippen molar-refractivity contribution in [2.75, 3.05) is 33.4 Å². The van der Waals surface area contributed by atoms with Gasteiger partial charge in [0.2, 0.25) is 15.9 Å². The van der Waals surface area contributed by atoms with E-state index in [1.54, 1.807) is 0 Å². The Kier molecular flexibility index (Phi) is 4.72. The number of carbonyl (C=O) groups is 1. The maximum atomic E-state index is 12.2. The van der Waals surface area contributed by atoms with Gasteiger partial charge < -0.3 is 9.32 Å². The molecule has 1 amide bonds. The van der Waals surface area contributed by atoms with Gasteiger partial charge in [0.05, 0.1) is 25.3 Å². The average molecular weight is 355 g/mol. The molecule has 0 saturated carbocycles. The predicted molar refractivity (Wildman–Crippen MR) is 89.6 cm³/mol. The largest absolute Gasteiger partial charge is 0.463 e. The van der Waals surface area contributed by atoms with Crippen LogP contribution in [-0.4, -0.2) is 67.9 Å². The lowest BCUT2D eigenvalue weighted by Crippen LogP contribution is -2.45. The summed E-state index contributed by atoms with van der Waals surface area (Å²) >= 11 is 0. The molecule has 2 unspecified atom stereocenters. The zero-order valence-corrected chi connectivity index (χ0v) is 15.3. The first-order valence-corrected chi connectivity index (χ1v) is 10.1. The van der Waals surface area contributed by atoms with Gasteiger partial charge in [-0.25, -0.2) is 8.42 Å². The molecule has 7 nitrogen and oxygen atoms in total. The van der Waals surface area contributed by atoms with Crippen LogP contribution in [0.25, 0.3) is 0 Å². The number of nitrogens with zero attached hydrogens (tertiary/aromatic N) is 3. The Labute approximate surface area is 143 Å². The third-order valence-corrected chi connectivity index (χ3v) is 6.34. The summed E-state index contributed by atoms with van der Waals surface area (Å²) in [5.41, 5.74) is 0. The minimum absolute atomic E-state index is 0.0829. The van der Waals surface area contributed by atoms with Crippen LogP contribution in [0.1, 0.15) is 24.4 Å². The number of rotatable bonds is 5. The summed E-state index contributed by atoms with van der Waals surface area (Å²) in [6, 6.07) is 3.99. The van der Waals surface area contributed by atoms with Crippen LogP contribution in [-0.2, 0) is 27.9 Å². The number of hydrogen-bond donors (Lipinski definition) is 0. The molecular formula is C16H25N3O4S. The van der Waals surface area contributed by atoms with Crippen LogP contribution in [0.15, 0.2) is 16.5 Å². The number of fused-ring (bicyclic) bond motifs is 4. The van der Waals surface area contributed by atoms with E-state index in [0.717, 1.165) is 31.7 Å². The van der Waals surface area contributed by atoms with Crippen molar-refractivity contribution < 1.29 is 17.6 Å². The number of sulfonamides is 1. The van der Waals surface area contributed by atoms with E-state index in [-0.39, 0.29) is 24.4 Å². The van der Waals surface area contributed by atoms with Crippen molar-refractivity contribution in [1.82, 2.24) is 14.1 Å². The molecule has 3 aliphatic rings. The highest BCUT2D eigenvalue weighted by Gasteiger charge is 2.38. The standard InChI is InChI=1S/C16H25N3O4S/c1-17(24(3,21)22)10-14-6-7-15(23-14)11-19-8-12-4-5-13(9-19)18(2)16(12)20/h6-7,12-13H,4-5,8-11H2,1-3H3. The molecule has 0 N–H and O–H groups in total. The fourth-order valence-electron chi connectivity index (χ4n) is 3.52. The van der Waals surface area contributed by atoms with Crippen LogP contribution in [0.5, 0.6) is 0 Å². The zero-order chi connectivity index (χ0) is 17.5. The van der Waals surface area contributed by atoms with Crippen LogP contribution >= 0.6 is 0 Å². The Morgan fingerprint density at radius 3 is 2.67 bits per heavy atom. The molecule has 3 saturated heterocycles. The maximum absolute atomic E-state index is 12.2. The minimum atomic E-state index is -3.22. The number of piperidine rings is 1. The normalized spacial score (nSPS) is 25.5. The molecule has 1 aromatic rings. The van der Waals surface area contributed by atoms with Gasteiger partial charge in [-0.05, 0) is 25.0 Å². The highest BCUT2D eigenvalue weighted by Crippen LogP contribution is 2.29. The van der Waals surface area contributed by atoms with E-state index in [1.165, 1.54) is 17.6 Å². The molecule has 8 heteroatoms. The van der Waals surface area contributed by atoms with E-state index in [2.05, 4.69) is 4.90 Å². The molecule has 0 aromatic carbocycles. The van der Waals surface area contributed by atoms with Crippen LogP contribution in [0.4, 0.5) is 0 Å². The van der Waals surface area contributed by atoms with Gasteiger partial charge in [-0.15, -0.1) is 0 Å². The lowest BCUT2D eigenvalue weighted by molar-refractivity contribution is -0.138.